The number of hydrogen-bond acceptors (Lipinski definition) is 4. The minimum Gasteiger partial charge on any atom is -0.633 e. The van der Waals surface area contributed by atoms with Gasteiger partial charge in [0.05, 0.1) is 49.8 Å². The second-order valence-electron chi connectivity index (χ2n) is 6.48. The molecule has 118 valence electrons. The predicted molar refractivity (Wildman–Crippen MR) is 89.0 cm³/mol. The summed E-state index contributed by atoms with van der Waals surface area (Å²) in [5, 5.41) is 24.9. The van der Waals surface area contributed by atoms with E-state index in [9.17, 15) is 10.4 Å². The summed E-state index contributed by atoms with van der Waals surface area (Å²) >= 11 is 0. The lowest BCUT2D eigenvalue weighted by atomic mass is 10.3. The van der Waals surface area contributed by atoms with Crippen LogP contribution in [0.4, 0.5) is 0 Å². The molecule has 2 aliphatic heterocycles. The van der Waals surface area contributed by atoms with Crippen LogP contribution in [0.2, 0.25) is 0 Å². The van der Waals surface area contributed by atoms with Crippen molar-refractivity contribution in [1.29, 1.82) is 0 Å². The second-order valence-corrected chi connectivity index (χ2v) is 9.03. The molecule has 2 unspecified atom stereocenters. The molecule has 0 aliphatic carbocycles. The van der Waals surface area contributed by atoms with Crippen LogP contribution in [-0.2, 0) is 0 Å². The number of hydrogen-bond donors (Lipinski definition) is 0. The highest BCUT2D eigenvalue weighted by atomic mass is 33.1. The highest BCUT2D eigenvalue weighted by Gasteiger charge is 2.30. The van der Waals surface area contributed by atoms with Crippen molar-refractivity contribution < 1.29 is 9.29 Å². The number of hydroxylamine groups is 6. The van der Waals surface area contributed by atoms with E-state index in [1.54, 1.807) is 21.6 Å². The maximum atomic E-state index is 12.5. The summed E-state index contributed by atoms with van der Waals surface area (Å²) in [6, 6.07) is 0.375. The van der Waals surface area contributed by atoms with Crippen LogP contribution in [0.25, 0.3) is 0 Å². The molecule has 4 nitrogen and oxygen atoms in total. The summed E-state index contributed by atoms with van der Waals surface area (Å²) in [6.07, 6.45) is 4.33. The van der Waals surface area contributed by atoms with Gasteiger partial charge in [0.15, 0.2) is 0 Å². The zero-order chi connectivity index (χ0) is 14.6. The monoisotopic (exact) mass is 320 g/mol. The molecule has 0 spiro atoms. The molecule has 6 heteroatoms. The van der Waals surface area contributed by atoms with Crippen LogP contribution in [0.3, 0.4) is 0 Å². The van der Waals surface area contributed by atoms with E-state index in [0.717, 1.165) is 63.4 Å². The lowest BCUT2D eigenvalue weighted by Gasteiger charge is -2.44. The molecule has 0 bridgehead atoms. The van der Waals surface area contributed by atoms with Gasteiger partial charge in [0.2, 0.25) is 0 Å². The minimum absolute atomic E-state index is 0.00463. The van der Waals surface area contributed by atoms with Crippen LogP contribution in [-0.4, -0.2) is 59.1 Å². The van der Waals surface area contributed by atoms with Crippen molar-refractivity contribution >= 4 is 21.6 Å². The van der Waals surface area contributed by atoms with E-state index < -0.39 is 0 Å². The fraction of sp³-hybridized carbons (Fsp3) is 1.00. The summed E-state index contributed by atoms with van der Waals surface area (Å²) in [7, 11) is 3.57. The van der Waals surface area contributed by atoms with Crippen molar-refractivity contribution in [1.82, 2.24) is 0 Å². The van der Waals surface area contributed by atoms with Gasteiger partial charge in [-0.05, 0) is 13.8 Å². The van der Waals surface area contributed by atoms with Crippen LogP contribution in [0.5, 0.6) is 0 Å². The lowest BCUT2D eigenvalue weighted by molar-refractivity contribution is -0.888. The predicted octanol–water partition coefficient (Wildman–Crippen LogP) is 3.36. The minimum atomic E-state index is 0.00463. The zero-order valence-corrected chi connectivity index (χ0v) is 14.4. The Labute approximate surface area is 131 Å². The Kier molecular flexibility index (Phi) is 6.09. The Balaban J connectivity index is 1.63. The van der Waals surface area contributed by atoms with Gasteiger partial charge in [-0.2, -0.15) is 0 Å². The van der Waals surface area contributed by atoms with Gasteiger partial charge in [0.25, 0.3) is 0 Å². The van der Waals surface area contributed by atoms with E-state index in [1.807, 2.05) is 0 Å². The Bertz CT molecular complexity index is 276. The fourth-order valence-electron chi connectivity index (χ4n) is 3.19. The first kappa shape index (κ1) is 16.9. The number of quaternary nitrogens is 2. The number of nitrogens with zero attached hydrogens (tertiary/aromatic N) is 2. The third-order valence-corrected chi connectivity index (χ3v) is 7.67. The lowest BCUT2D eigenvalue weighted by Crippen LogP contribution is -2.48. The molecule has 20 heavy (non-hydrogen) atoms. The molecule has 0 aromatic rings. The average molecular weight is 321 g/mol. The second kappa shape index (κ2) is 7.20. The Morgan fingerprint density at radius 1 is 0.750 bits per heavy atom. The largest absolute Gasteiger partial charge is 0.633 e. The van der Waals surface area contributed by atoms with Gasteiger partial charge >= 0.3 is 0 Å². The standard InChI is InChI=1S/C14H28N2O2S2/c1-13(15(17)7-3-4-8-15)11-19-20-12-14(2)16(18)9-5-6-10-16/h13-14H,3-12H2,1-2H3. The van der Waals surface area contributed by atoms with Crippen molar-refractivity contribution in [2.75, 3.05) is 37.7 Å². The molecular formula is C14H28N2O2S2. The van der Waals surface area contributed by atoms with E-state index >= 15 is 0 Å². The van der Waals surface area contributed by atoms with Gasteiger partial charge in [0, 0.05) is 25.7 Å². The molecule has 2 heterocycles. The molecule has 2 rings (SSSR count). The third-order valence-electron chi connectivity index (χ3n) is 4.95. The Hall–Kier alpha value is 0.540. The fourth-order valence-corrected chi connectivity index (χ4v) is 6.08. The number of likely N-dealkylation sites (tertiary alicyclic amines) is 2. The molecule has 0 aromatic heterocycles. The molecule has 2 aliphatic rings. The van der Waals surface area contributed by atoms with Gasteiger partial charge in [-0.25, -0.2) is 0 Å². The Morgan fingerprint density at radius 3 is 1.35 bits per heavy atom. The summed E-state index contributed by atoms with van der Waals surface area (Å²) in [5.74, 6) is 1.81. The average Bonchev–Trinajstić information content (AvgIpc) is 3.05. The highest BCUT2D eigenvalue weighted by Crippen LogP contribution is 2.32. The van der Waals surface area contributed by atoms with E-state index in [4.69, 9.17) is 0 Å². The van der Waals surface area contributed by atoms with Gasteiger partial charge in [-0.1, -0.05) is 21.6 Å². The number of rotatable bonds is 7. The Morgan fingerprint density at radius 2 is 1.05 bits per heavy atom. The van der Waals surface area contributed by atoms with Crippen molar-refractivity contribution in [2.24, 2.45) is 0 Å². The maximum absolute atomic E-state index is 12.5. The van der Waals surface area contributed by atoms with E-state index in [1.165, 1.54) is 0 Å². The van der Waals surface area contributed by atoms with Crippen LogP contribution in [0.1, 0.15) is 39.5 Å². The first-order valence-electron chi connectivity index (χ1n) is 7.86. The molecule has 2 fully saturated rings. The molecule has 2 atom stereocenters. The topological polar surface area (TPSA) is 46.1 Å². The summed E-state index contributed by atoms with van der Waals surface area (Å²) in [4.78, 5) is 0. The summed E-state index contributed by atoms with van der Waals surface area (Å²) < 4.78 is 0.00926. The van der Waals surface area contributed by atoms with Gasteiger partial charge < -0.3 is 19.7 Å². The van der Waals surface area contributed by atoms with Crippen LogP contribution in [0, 0.1) is 10.4 Å². The van der Waals surface area contributed by atoms with Crippen LogP contribution < -0.4 is 0 Å². The maximum Gasteiger partial charge on any atom is 0.0959 e. The summed E-state index contributed by atoms with van der Waals surface area (Å²) in [6.45, 7) is 7.34. The molecule has 0 N–H and O–H groups in total. The molecular weight excluding hydrogens is 292 g/mol. The molecule has 0 saturated carbocycles. The quantitative estimate of drug-likeness (QED) is 0.312. The van der Waals surface area contributed by atoms with E-state index in [0.29, 0.717) is 0 Å². The van der Waals surface area contributed by atoms with Gasteiger partial charge in [-0.3, -0.25) is 0 Å². The molecule has 2 saturated heterocycles. The normalized spacial score (nSPS) is 27.6. The smallest absolute Gasteiger partial charge is 0.0959 e. The SMILES string of the molecule is CC(CSSCC(C)[N+]1([O-])CCCC1)[N+]1([O-])CCCC1. The van der Waals surface area contributed by atoms with Crippen LogP contribution >= 0.6 is 21.6 Å². The zero-order valence-electron chi connectivity index (χ0n) is 12.8. The third kappa shape index (κ3) is 4.05. The van der Waals surface area contributed by atoms with Gasteiger partial charge in [0.1, 0.15) is 0 Å². The first-order chi connectivity index (χ1) is 9.46. The van der Waals surface area contributed by atoms with Gasteiger partial charge in [-0.15, -0.1) is 0 Å². The van der Waals surface area contributed by atoms with Crippen molar-refractivity contribution in [3.8, 4) is 0 Å². The first-order valence-corrected chi connectivity index (χ1v) is 10.3. The van der Waals surface area contributed by atoms with Crippen molar-refractivity contribution in [3.63, 3.8) is 0 Å². The van der Waals surface area contributed by atoms with Crippen LogP contribution in [0.15, 0.2) is 0 Å². The molecule has 0 radical (unpaired) electrons. The van der Waals surface area contributed by atoms with E-state index in [2.05, 4.69) is 13.8 Å². The molecule has 0 amide bonds. The van der Waals surface area contributed by atoms with E-state index in [-0.39, 0.29) is 21.4 Å². The molecule has 0 aromatic carbocycles. The van der Waals surface area contributed by atoms with Crippen molar-refractivity contribution in [2.45, 2.75) is 51.6 Å². The highest BCUT2D eigenvalue weighted by molar-refractivity contribution is 8.76. The van der Waals surface area contributed by atoms with Crippen molar-refractivity contribution in [3.05, 3.63) is 10.4 Å². The summed E-state index contributed by atoms with van der Waals surface area (Å²) in [5.41, 5.74) is 0.